The predicted octanol–water partition coefficient (Wildman–Crippen LogP) is 0.109. The summed E-state index contributed by atoms with van der Waals surface area (Å²) in [6.45, 7) is 1.45. The first-order valence-electron chi connectivity index (χ1n) is 4.54. The zero-order valence-electron chi connectivity index (χ0n) is 8.84. The fraction of sp³-hybridized carbons (Fsp3) is 0.100. The summed E-state index contributed by atoms with van der Waals surface area (Å²) in [5.41, 5.74) is 16.7. The highest BCUT2D eigenvalue weighted by molar-refractivity contribution is 6.01. The van der Waals surface area contributed by atoms with E-state index in [2.05, 4.69) is 9.98 Å². The van der Waals surface area contributed by atoms with E-state index in [1.54, 1.807) is 24.3 Å². The SMILES string of the molecule is CC(=O)c1ccccc1N=C(N)N=C(N)N. The summed E-state index contributed by atoms with van der Waals surface area (Å²) in [5, 5.41) is 0. The standard InChI is InChI=1S/C10H13N5O/c1-6(16)7-4-2-3-5-8(7)14-10(13)15-9(11)12/h2-5H,1H3,(H6,11,12,13,14,15). The van der Waals surface area contributed by atoms with Gasteiger partial charge in [-0.3, -0.25) is 4.79 Å². The van der Waals surface area contributed by atoms with Crippen LogP contribution in [0.15, 0.2) is 34.3 Å². The van der Waals surface area contributed by atoms with Crippen molar-refractivity contribution in [3.63, 3.8) is 0 Å². The molecule has 1 aromatic carbocycles. The molecule has 0 aliphatic carbocycles. The Bertz CT molecular complexity index is 460. The quantitative estimate of drug-likeness (QED) is 0.371. The summed E-state index contributed by atoms with van der Waals surface area (Å²) >= 11 is 0. The zero-order valence-corrected chi connectivity index (χ0v) is 8.84. The molecule has 1 rings (SSSR count). The van der Waals surface area contributed by atoms with Crippen LogP contribution in [0.2, 0.25) is 0 Å². The lowest BCUT2D eigenvalue weighted by Crippen LogP contribution is -2.26. The van der Waals surface area contributed by atoms with E-state index in [4.69, 9.17) is 17.2 Å². The second-order valence-corrected chi connectivity index (χ2v) is 3.08. The van der Waals surface area contributed by atoms with E-state index in [0.29, 0.717) is 11.3 Å². The van der Waals surface area contributed by atoms with Crippen molar-refractivity contribution in [2.75, 3.05) is 0 Å². The van der Waals surface area contributed by atoms with Crippen LogP contribution in [0.4, 0.5) is 5.69 Å². The Morgan fingerprint density at radius 2 is 1.81 bits per heavy atom. The minimum Gasteiger partial charge on any atom is -0.370 e. The third-order valence-corrected chi connectivity index (χ3v) is 1.76. The molecule has 16 heavy (non-hydrogen) atoms. The molecule has 6 N–H and O–H groups in total. The number of ketones is 1. The van der Waals surface area contributed by atoms with Crippen LogP contribution >= 0.6 is 0 Å². The van der Waals surface area contributed by atoms with E-state index in [9.17, 15) is 4.79 Å². The predicted molar refractivity (Wildman–Crippen MR) is 63.5 cm³/mol. The van der Waals surface area contributed by atoms with Gasteiger partial charge in [0.05, 0.1) is 5.69 Å². The Balaban J connectivity index is 3.15. The minimum absolute atomic E-state index is 0.0892. The molecule has 0 saturated carbocycles. The molecule has 0 aliphatic heterocycles. The third-order valence-electron chi connectivity index (χ3n) is 1.76. The molecule has 0 amide bonds. The van der Waals surface area contributed by atoms with Gasteiger partial charge in [0.2, 0.25) is 5.96 Å². The molecular weight excluding hydrogens is 206 g/mol. The number of hydrogen-bond acceptors (Lipinski definition) is 2. The first-order chi connectivity index (χ1) is 7.50. The van der Waals surface area contributed by atoms with Crippen LogP contribution in [-0.2, 0) is 0 Å². The largest absolute Gasteiger partial charge is 0.370 e. The van der Waals surface area contributed by atoms with Crippen LogP contribution in [0.1, 0.15) is 17.3 Å². The highest BCUT2D eigenvalue weighted by atomic mass is 16.1. The van der Waals surface area contributed by atoms with E-state index in [1.807, 2.05) is 0 Å². The number of nitrogens with zero attached hydrogens (tertiary/aromatic N) is 2. The summed E-state index contributed by atoms with van der Waals surface area (Å²) < 4.78 is 0. The van der Waals surface area contributed by atoms with Crippen LogP contribution in [0.3, 0.4) is 0 Å². The normalized spacial score (nSPS) is 10.9. The molecule has 1 aromatic rings. The highest BCUT2D eigenvalue weighted by Gasteiger charge is 2.05. The molecule has 0 unspecified atom stereocenters. The average molecular weight is 219 g/mol. The van der Waals surface area contributed by atoms with E-state index >= 15 is 0 Å². The smallest absolute Gasteiger partial charge is 0.223 e. The van der Waals surface area contributed by atoms with Gasteiger partial charge in [-0.05, 0) is 19.1 Å². The average Bonchev–Trinajstić information content (AvgIpc) is 2.16. The van der Waals surface area contributed by atoms with Gasteiger partial charge in [-0.15, -0.1) is 0 Å². The number of benzene rings is 1. The van der Waals surface area contributed by atoms with Crippen molar-refractivity contribution in [1.82, 2.24) is 0 Å². The fourth-order valence-corrected chi connectivity index (χ4v) is 1.15. The number of aliphatic imine (C=N–C) groups is 2. The molecule has 6 heteroatoms. The van der Waals surface area contributed by atoms with Crippen LogP contribution < -0.4 is 17.2 Å². The monoisotopic (exact) mass is 219 g/mol. The van der Waals surface area contributed by atoms with Crippen LogP contribution in [-0.4, -0.2) is 17.7 Å². The van der Waals surface area contributed by atoms with E-state index in [0.717, 1.165) is 0 Å². The van der Waals surface area contributed by atoms with Gasteiger partial charge in [-0.2, -0.15) is 4.99 Å². The molecular formula is C10H13N5O. The Hall–Kier alpha value is -2.37. The molecule has 0 spiro atoms. The molecule has 84 valence electrons. The molecule has 6 nitrogen and oxygen atoms in total. The van der Waals surface area contributed by atoms with Gasteiger partial charge >= 0.3 is 0 Å². The highest BCUT2D eigenvalue weighted by Crippen LogP contribution is 2.18. The number of carbonyl (C=O) groups is 1. The van der Waals surface area contributed by atoms with Crippen molar-refractivity contribution in [3.05, 3.63) is 29.8 Å². The second-order valence-electron chi connectivity index (χ2n) is 3.08. The third kappa shape index (κ3) is 3.09. The topological polar surface area (TPSA) is 120 Å². The van der Waals surface area contributed by atoms with Crippen LogP contribution in [0, 0.1) is 0 Å². The molecule has 0 radical (unpaired) electrons. The fourth-order valence-electron chi connectivity index (χ4n) is 1.15. The molecule has 0 heterocycles. The molecule has 0 aromatic heterocycles. The van der Waals surface area contributed by atoms with Gasteiger partial charge in [0.1, 0.15) is 0 Å². The molecule has 0 saturated heterocycles. The van der Waals surface area contributed by atoms with Crippen molar-refractivity contribution < 1.29 is 4.79 Å². The first kappa shape index (κ1) is 11.7. The number of para-hydroxylation sites is 1. The van der Waals surface area contributed by atoms with Gasteiger partial charge in [-0.1, -0.05) is 12.1 Å². The van der Waals surface area contributed by atoms with Gasteiger partial charge < -0.3 is 17.2 Å². The van der Waals surface area contributed by atoms with Crippen LogP contribution in [0.5, 0.6) is 0 Å². The summed E-state index contributed by atoms with van der Waals surface area (Å²) in [6.07, 6.45) is 0. The summed E-state index contributed by atoms with van der Waals surface area (Å²) in [6, 6.07) is 6.80. The number of carbonyl (C=O) groups excluding carboxylic acids is 1. The van der Waals surface area contributed by atoms with Crippen molar-refractivity contribution in [2.24, 2.45) is 27.2 Å². The maximum Gasteiger partial charge on any atom is 0.223 e. The Morgan fingerprint density at radius 3 is 2.38 bits per heavy atom. The lowest BCUT2D eigenvalue weighted by Gasteiger charge is -2.01. The van der Waals surface area contributed by atoms with Gasteiger partial charge in [0.15, 0.2) is 11.7 Å². The number of hydrogen-bond donors (Lipinski definition) is 3. The zero-order chi connectivity index (χ0) is 12.1. The van der Waals surface area contributed by atoms with E-state index in [-0.39, 0.29) is 17.7 Å². The molecule has 0 atom stereocenters. The van der Waals surface area contributed by atoms with E-state index < -0.39 is 0 Å². The lowest BCUT2D eigenvalue weighted by atomic mass is 10.1. The number of nitrogens with two attached hydrogens (primary N) is 3. The van der Waals surface area contributed by atoms with Crippen molar-refractivity contribution in [3.8, 4) is 0 Å². The molecule has 0 aliphatic rings. The first-order valence-corrected chi connectivity index (χ1v) is 4.54. The number of rotatable bonds is 2. The summed E-state index contributed by atoms with van der Waals surface area (Å²) in [7, 11) is 0. The Labute approximate surface area is 92.9 Å². The molecule has 0 fully saturated rings. The number of guanidine groups is 2. The van der Waals surface area contributed by atoms with Crippen LogP contribution in [0.25, 0.3) is 0 Å². The van der Waals surface area contributed by atoms with E-state index in [1.165, 1.54) is 6.92 Å². The molecule has 0 bridgehead atoms. The Kier molecular flexibility index (Phi) is 3.60. The van der Waals surface area contributed by atoms with Crippen molar-refractivity contribution >= 4 is 23.4 Å². The van der Waals surface area contributed by atoms with Gasteiger partial charge in [0, 0.05) is 5.56 Å². The van der Waals surface area contributed by atoms with Crippen molar-refractivity contribution in [1.29, 1.82) is 0 Å². The van der Waals surface area contributed by atoms with Gasteiger partial charge in [-0.25, -0.2) is 4.99 Å². The minimum atomic E-state index is -0.179. The second kappa shape index (κ2) is 4.92. The maximum atomic E-state index is 11.3. The lowest BCUT2D eigenvalue weighted by molar-refractivity contribution is 0.101. The summed E-state index contributed by atoms with van der Waals surface area (Å²) in [4.78, 5) is 18.8. The van der Waals surface area contributed by atoms with Crippen molar-refractivity contribution in [2.45, 2.75) is 6.92 Å². The Morgan fingerprint density at radius 1 is 1.19 bits per heavy atom. The van der Waals surface area contributed by atoms with Gasteiger partial charge in [0.25, 0.3) is 0 Å². The summed E-state index contributed by atoms with van der Waals surface area (Å²) in [5.74, 6) is -0.368. The number of Topliss-reactive ketones (excluding diaryl/α,β-unsaturated/α-hetero) is 1. The maximum absolute atomic E-state index is 11.3.